The number of halogens is 1. The van der Waals surface area contributed by atoms with Gasteiger partial charge in [0.1, 0.15) is 9.92 Å². The average Bonchev–Trinajstić information content (AvgIpc) is 2.76. The van der Waals surface area contributed by atoms with Gasteiger partial charge in [0.05, 0.1) is 19.3 Å². The first-order valence-electron chi connectivity index (χ1n) is 9.23. The van der Waals surface area contributed by atoms with Crippen LogP contribution in [-0.2, 0) is 20.9 Å². The number of aromatic nitrogens is 2. The third kappa shape index (κ3) is 5.96. The van der Waals surface area contributed by atoms with Crippen LogP contribution < -0.4 is 5.14 Å². The molecular formula is C17H37FN4O2SSi2. The van der Waals surface area contributed by atoms with Crippen LogP contribution in [0.25, 0.3) is 0 Å². The van der Waals surface area contributed by atoms with Crippen LogP contribution >= 0.6 is 0 Å². The van der Waals surface area contributed by atoms with E-state index in [4.69, 9.17) is 9.56 Å². The zero-order valence-corrected chi connectivity index (χ0v) is 21.3. The summed E-state index contributed by atoms with van der Waals surface area (Å²) in [4.78, 5) is 0. The lowest BCUT2D eigenvalue weighted by atomic mass is 10.2. The molecule has 0 saturated carbocycles. The zero-order valence-electron chi connectivity index (χ0n) is 18.5. The highest BCUT2D eigenvalue weighted by Gasteiger charge is 2.38. The summed E-state index contributed by atoms with van der Waals surface area (Å²) < 4.78 is 39.3. The van der Waals surface area contributed by atoms with Crippen LogP contribution in [0.2, 0.25) is 36.3 Å². The van der Waals surface area contributed by atoms with Crippen LogP contribution in [0, 0.1) is 5.82 Å². The molecule has 0 amide bonds. The Morgan fingerprint density at radius 2 is 1.70 bits per heavy atom. The van der Waals surface area contributed by atoms with Gasteiger partial charge in [0.25, 0.3) is 0 Å². The second kappa shape index (κ2) is 7.70. The van der Waals surface area contributed by atoms with Crippen LogP contribution in [-0.4, -0.2) is 37.1 Å². The highest BCUT2D eigenvalue weighted by atomic mass is 32.2. The van der Waals surface area contributed by atoms with Crippen molar-refractivity contribution < 1.29 is 13.0 Å². The fourth-order valence-corrected chi connectivity index (χ4v) is 7.56. The van der Waals surface area contributed by atoms with Gasteiger partial charge in [-0.2, -0.15) is 5.10 Å². The van der Waals surface area contributed by atoms with Crippen molar-refractivity contribution in [3.05, 3.63) is 12.0 Å². The second-order valence-corrected chi connectivity index (χ2v) is 21.8. The molecule has 0 aliphatic rings. The molecule has 0 saturated heterocycles. The molecule has 2 N–H and O–H groups in total. The maximum Gasteiger partial charge on any atom is 0.206 e. The second-order valence-electron chi connectivity index (χ2n) is 10.1. The third-order valence-electron chi connectivity index (χ3n) is 5.75. The first-order valence-corrected chi connectivity index (χ1v) is 16.7. The van der Waals surface area contributed by atoms with Crippen molar-refractivity contribution in [2.45, 2.75) is 89.4 Å². The zero-order chi connectivity index (χ0) is 21.5. The van der Waals surface area contributed by atoms with E-state index in [0.717, 1.165) is 0 Å². The lowest BCUT2D eigenvalue weighted by Gasteiger charge is -2.36. The lowest BCUT2D eigenvalue weighted by molar-refractivity contribution is 0.265. The van der Waals surface area contributed by atoms with Crippen molar-refractivity contribution in [1.29, 1.82) is 0 Å². The van der Waals surface area contributed by atoms with E-state index in [1.807, 2.05) is 33.9 Å². The predicted molar refractivity (Wildman–Crippen MR) is 116 cm³/mol. The first-order chi connectivity index (χ1) is 11.8. The molecule has 158 valence electrons. The minimum absolute atomic E-state index is 0.0984. The number of rotatable bonds is 6. The van der Waals surface area contributed by atoms with Gasteiger partial charge >= 0.3 is 0 Å². The molecule has 10 heteroatoms. The number of nitrogens with zero attached hydrogens (tertiary/aromatic N) is 3. The van der Waals surface area contributed by atoms with Crippen LogP contribution in [0.15, 0.2) is 15.3 Å². The minimum Gasteiger partial charge on any atom is -0.415 e. The normalized spacial score (nSPS) is 16.3. The Kier molecular flexibility index (Phi) is 6.98. The Morgan fingerprint density at radius 1 is 1.19 bits per heavy atom. The standard InChI is InChI=1S/C17H37FN4O2SSi2/c1-16(2,3)26(7,8)21-25(19,23)15-14(18)13-22(20-15)11-12-24-27(9,10)17(4,5)6/h13H,11-12H2,1-10H3,(H2,19,21,23). The lowest BCUT2D eigenvalue weighted by Crippen LogP contribution is -2.41. The molecule has 0 bridgehead atoms. The van der Waals surface area contributed by atoms with Crippen molar-refractivity contribution in [2.24, 2.45) is 9.17 Å². The van der Waals surface area contributed by atoms with Crippen molar-refractivity contribution >= 4 is 26.5 Å². The number of hydrogen-bond acceptors (Lipinski definition) is 4. The molecule has 0 fully saturated rings. The van der Waals surface area contributed by atoms with E-state index in [2.05, 4.69) is 43.0 Å². The SMILES string of the molecule is CC(C)(C)[Si](C)(C)N=S(N)(=O)c1nn(CCO[Si](C)(C)C(C)(C)C)cc1F. The Labute approximate surface area is 166 Å². The Morgan fingerprint density at radius 3 is 2.15 bits per heavy atom. The summed E-state index contributed by atoms with van der Waals surface area (Å²) in [5.41, 5.74) is 0. The molecule has 0 radical (unpaired) electrons. The van der Waals surface area contributed by atoms with E-state index in [1.54, 1.807) is 0 Å². The Bertz CT molecular complexity index is 786. The quantitative estimate of drug-likeness (QED) is 0.653. The molecular weight excluding hydrogens is 399 g/mol. The van der Waals surface area contributed by atoms with Gasteiger partial charge < -0.3 is 4.43 Å². The molecule has 0 aromatic carbocycles. The molecule has 27 heavy (non-hydrogen) atoms. The third-order valence-corrected chi connectivity index (χ3v) is 17.7. The average molecular weight is 437 g/mol. The van der Waals surface area contributed by atoms with Gasteiger partial charge in [-0.1, -0.05) is 41.5 Å². The van der Waals surface area contributed by atoms with Crippen LogP contribution in [0.1, 0.15) is 41.5 Å². The highest BCUT2D eigenvalue weighted by Crippen LogP contribution is 2.38. The molecule has 0 aliphatic heterocycles. The predicted octanol–water partition coefficient (Wildman–Crippen LogP) is 4.75. The molecule has 1 aromatic rings. The fraction of sp³-hybridized carbons (Fsp3) is 0.824. The van der Waals surface area contributed by atoms with Gasteiger partial charge in [-0.05, 0) is 36.3 Å². The van der Waals surface area contributed by atoms with Gasteiger partial charge in [-0.25, -0.2) is 13.7 Å². The molecule has 0 spiro atoms. The Hall–Kier alpha value is -0.556. The Balaban J connectivity index is 3.03. The fourth-order valence-electron chi connectivity index (χ4n) is 1.82. The van der Waals surface area contributed by atoms with Crippen molar-refractivity contribution in [3.8, 4) is 0 Å². The summed E-state index contributed by atoms with van der Waals surface area (Å²) in [6.45, 7) is 21.6. The summed E-state index contributed by atoms with van der Waals surface area (Å²) in [6.07, 6.45) is 1.22. The summed E-state index contributed by atoms with van der Waals surface area (Å²) in [5, 5.41) is 9.77. The summed E-state index contributed by atoms with van der Waals surface area (Å²) >= 11 is 0. The van der Waals surface area contributed by atoms with E-state index in [1.165, 1.54) is 10.9 Å². The molecule has 1 atom stereocenters. The van der Waals surface area contributed by atoms with E-state index in [9.17, 15) is 8.60 Å². The van der Waals surface area contributed by atoms with Gasteiger partial charge in [-0.3, -0.25) is 8.71 Å². The van der Waals surface area contributed by atoms with Crippen molar-refractivity contribution in [1.82, 2.24) is 9.78 Å². The first kappa shape index (κ1) is 24.5. The summed E-state index contributed by atoms with van der Waals surface area (Å²) in [6, 6.07) is 0. The van der Waals surface area contributed by atoms with Crippen LogP contribution in [0.4, 0.5) is 4.39 Å². The summed E-state index contributed by atoms with van der Waals surface area (Å²) in [5.74, 6) is -0.683. The molecule has 1 unspecified atom stereocenters. The maximum absolute atomic E-state index is 14.4. The largest absolute Gasteiger partial charge is 0.415 e. The molecule has 1 rings (SSSR count). The van der Waals surface area contributed by atoms with Gasteiger partial charge in [-0.15, -0.1) is 0 Å². The van der Waals surface area contributed by atoms with E-state index in [0.29, 0.717) is 13.2 Å². The number of nitrogens with two attached hydrogens (primary N) is 1. The smallest absolute Gasteiger partial charge is 0.206 e. The summed E-state index contributed by atoms with van der Waals surface area (Å²) in [7, 11) is -7.59. The number of hydrogen-bond donors (Lipinski definition) is 1. The topological polar surface area (TPSA) is 82.5 Å². The van der Waals surface area contributed by atoms with Gasteiger partial charge in [0.2, 0.25) is 5.03 Å². The van der Waals surface area contributed by atoms with Crippen LogP contribution in [0.3, 0.4) is 0 Å². The van der Waals surface area contributed by atoms with Crippen molar-refractivity contribution in [2.75, 3.05) is 6.61 Å². The highest BCUT2D eigenvalue weighted by molar-refractivity contribution is 7.92. The maximum atomic E-state index is 14.4. The monoisotopic (exact) mass is 436 g/mol. The van der Waals surface area contributed by atoms with Crippen LogP contribution in [0.5, 0.6) is 0 Å². The van der Waals surface area contributed by atoms with Crippen molar-refractivity contribution in [3.63, 3.8) is 0 Å². The molecule has 6 nitrogen and oxygen atoms in total. The van der Waals surface area contributed by atoms with E-state index >= 15 is 0 Å². The van der Waals surface area contributed by atoms with Gasteiger partial charge in [0.15, 0.2) is 22.4 Å². The molecule has 1 aromatic heterocycles. The minimum atomic E-state index is -3.39. The van der Waals surface area contributed by atoms with E-state index < -0.39 is 32.3 Å². The van der Waals surface area contributed by atoms with Gasteiger partial charge in [0, 0.05) is 0 Å². The molecule has 1 heterocycles. The van der Waals surface area contributed by atoms with E-state index in [-0.39, 0.29) is 15.1 Å². The molecule has 0 aliphatic carbocycles.